The van der Waals surface area contributed by atoms with Gasteiger partial charge in [-0.1, -0.05) is 35.8 Å². The molecule has 2 unspecified atom stereocenters. The second kappa shape index (κ2) is 4.23. The molecule has 1 rings (SSSR count). The highest BCUT2D eigenvalue weighted by atomic mass is 79.9. The fourth-order valence-corrected chi connectivity index (χ4v) is 1.48. The van der Waals surface area contributed by atoms with Crippen molar-refractivity contribution in [1.29, 1.82) is 0 Å². The Morgan fingerprint density at radius 3 is 2.38 bits per heavy atom. The Bertz CT molecular complexity index is 294. The first kappa shape index (κ1) is 10.7. The number of rotatable bonds is 2. The van der Waals surface area contributed by atoms with E-state index in [1.807, 2.05) is 13.1 Å². The molecule has 1 aromatic rings. The summed E-state index contributed by atoms with van der Waals surface area (Å²) < 4.78 is 0. The van der Waals surface area contributed by atoms with E-state index in [0.29, 0.717) is 10.7 Å². The van der Waals surface area contributed by atoms with Crippen LogP contribution in [0, 0.1) is 13.8 Å². The van der Waals surface area contributed by atoms with Gasteiger partial charge in [-0.25, -0.2) is 0 Å². The van der Waals surface area contributed by atoms with Crippen LogP contribution in [0.1, 0.15) is 36.6 Å². The Balaban J connectivity index is 2.97. The highest BCUT2D eigenvalue weighted by molar-refractivity contribution is 9.09. The lowest BCUT2D eigenvalue weighted by molar-refractivity contribution is 0.754. The number of alkyl halides is 1. The minimum atomic E-state index is 0.497. The second-order valence-corrected chi connectivity index (χ2v) is 5.08. The zero-order valence-corrected chi connectivity index (χ0v) is 10.2. The van der Waals surface area contributed by atoms with E-state index in [1.54, 1.807) is 0 Å². The first-order valence-electron chi connectivity index (χ1n) is 4.59. The zero-order chi connectivity index (χ0) is 10.0. The van der Waals surface area contributed by atoms with E-state index in [1.165, 1.54) is 11.1 Å². The molecule has 2 atom stereocenters. The monoisotopic (exact) mass is 241 g/mol. The van der Waals surface area contributed by atoms with Gasteiger partial charge in [0.25, 0.3) is 0 Å². The molecule has 2 heteroatoms. The summed E-state index contributed by atoms with van der Waals surface area (Å²) in [6.45, 7) is 8.53. The number of hydrogen-bond acceptors (Lipinski definition) is 1. The molecule has 0 aliphatic carbocycles. The number of hydrogen-bond donors (Lipinski definition) is 0. The fraction of sp³-hybridized carbons (Fsp3) is 0.545. The summed E-state index contributed by atoms with van der Waals surface area (Å²) >= 11 is 3.59. The predicted molar refractivity (Wildman–Crippen MR) is 60.5 cm³/mol. The molecular formula is C11H16BrN. The number of pyridine rings is 1. The van der Waals surface area contributed by atoms with Gasteiger partial charge in [-0.05, 0) is 30.9 Å². The van der Waals surface area contributed by atoms with Gasteiger partial charge in [0.2, 0.25) is 0 Å². The van der Waals surface area contributed by atoms with E-state index in [4.69, 9.17) is 0 Å². The summed E-state index contributed by atoms with van der Waals surface area (Å²) in [6, 6.07) is 2.23. The van der Waals surface area contributed by atoms with Crippen LogP contribution in [0.5, 0.6) is 0 Å². The average molecular weight is 242 g/mol. The van der Waals surface area contributed by atoms with Crippen LogP contribution >= 0.6 is 15.9 Å². The first-order valence-corrected chi connectivity index (χ1v) is 5.51. The molecule has 0 spiro atoms. The summed E-state index contributed by atoms with van der Waals surface area (Å²) in [5, 5.41) is 0. The maximum absolute atomic E-state index is 4.36. The smallest absolute Gasteiger partial charge is 0.0401 e. The molecular weight excluding hydrogens is 226 g/mol. The van der Waals surface area contributed by atoms with Crippen molar-refractivity contribution < 1.29 is 0 Å². The number of nitrogens with zero attached hydrogens (tertiary/aromatic N) is 1. The van der Waals surface area contributed by atoms with Gasteiger partial charge >= 0.3 is 0 Å². The fourth-order valence-electron chi connectivity index (χ4n) is 1.18. The van der Waals surface area contributed by atoms with Gasteiger partial charge in [-0.2, -0.15) is 0 Å². The van der Waals surface area contributed by atoms with Crippen molar-refractivity contribution in [3.8, 4) is 0 Å². The van der Waals surface area contributed by atoms with Crippen molar-refractivity contribution in [2.45, 2.75) is 38.4 Å². The molecule has 0 fully saturated rings. The van der Waals surface area contributed by atoms with Crippen LogP contribution in [0.4, 0.5) is 0 Å². The van der Waals surface area contributed by atoms with E-state index in [-0.39, 0.29) is 0 Å². The maximum atomic E-state index is 4.36. The number of aromatic nitrogens is 1. The van der Waals surface area contributed by atoms with Gasteiger partial charge in [-0.15, -0.1) is 0 Å². The summed E-state index contributed by atoms with van der Waals surface area (Å²) in [5.41, 5.74) is 3.71. The van der Waals surface area contributed by atoms with Crippen LogP contribution in [-0.2, 0) is 0 Å². The van der Waals surface area contributed by atoms with Crippen LogP contribution in [-0.4, -0.2) is 9.81 Å². The molecule has 0 aromatic carbocycles. The van der Waals surface area contributed by atoms with Crippen LogP contribution < -0.4 is 0 Å². The topological polar surface area (TPSA) is 12.9 Å². The van der Waals surface area contributed by atoms with E-state index in [0.717, 1.165) is 5.69 Å². The Labute approximate surface area is 88.7 Å². The summed E-state index contributed by atoms with van der Waals surface area (Å²) in [7, 11) is 0. The molecule has 72 valence electrons. The molecule has 1 nitrogen and oxygen atoms in total. The lowest BCUT2D eigenvalue weighted by atomic mass is 9.98. The average Bonchev–Trinajstić information content (AvgIpc) is 2.08. The van der Waals surface area contributed by atoms with E-state index in [9.17, 15) is 0 Å². The van der Waals surface area contributed by atoms with Gasteiger partial charge in [0.1, 0.15) is 0 Å². The highest BCUT2D eigenvalue weighted by Crippen LogP contribution is 2.24. The Morgan fingerprint density at radius 1 is 1.31 bits per heavy atom. The van der Waals surface area contributed by atoms with Gasteiger partial charge in [0.15, 0.2) is 0 Å². The third-order valence-electron chi connectivity index (χ3n) is 2.58. The molecule has 0 aliphatic heterocycles. The van der Waals surface area contributed by atoms with Crippen molar-refractivity contribution in [2.75, 3.05) is 0 Å². The predicted octanol–water partition coefficient (Wildman–Crippen LogP) is 3.59. The molecule has 1 aromatic heterocycles. The Hall–Kier alpha value is -0.370. The van der Waals surface area contributed by atoms with E-state index < -0.39 is 0 Å². The molecule has 0 radical (unpaired) electrons. The normalized spacial score (nSPS) is 15.5. The summed E-state index contributed by atoms with van der Waals surface area (Å²) in [6.07, 6.45) is 1.98. The molecule has 1 heterocycles. The third kappa shape index (κ3) is 2.53. The van der Waals surface area contributed by atoms with Gasteiger partial charge in [-0.3, -0.25) is 4.98 Å². The third-order valence-corrected chi connectivity index (χ3v) is 3.37. The van der Waals surface area contributed by atoms with Crippen LogP contribution in [0.3, 0.4) is 0 Å². The van der Waals surface area contributed by atoms with Crippen molar-refractivity contribution in [1.82, 2.24) is 4.98 Å². The Morgan fingerprint density at radius 2 is 1.92 bits per heavy atom. The molecule has 0 aliphatic rings. The minimum absolute atomic E-state index is 0.497. The maximum Gasteiger partial charge on any atom is 0.0401 e. The largest absolute Gasteiger partial charge is 0.261 e. The minimum Gasteiger partial charge on any atom is -0.261 e. The second-order valence-electron chi connectivity index (χ2n) is 3.64. The van der Waals surface area contributed by atoms with Crippen LogP contribution in [0.15, 0.2) is 12.3 Å². The van der Waals surface area contributed by atoms with Gasteiger partial charge in [0.05, 0.1) is 0 Å². The van der Waals surface area contributed by atoms with Gasteiger partial charge < -0.3 is 0 Å². The number of aryl methyl sites for hydroxylation is 2. The summed E-state index contributed by atoms with van der Waals surface area (Å²) in [5.74, 6) is 0.520. The molecule has 0 saturated heterocycles. The highest BCUT2D eigenvalue weighted by Gasteiger charge is 2.11. The summed E-state index contributed by atoms with van der Waals surface area (Å²) in [4.78, 5) is 4.86. The lowest BCUT2D eigenvalue weighted by Gasteiger charge is -2.15. The van der Waals surface area contributed by atoms with Gasteiger partial charge in [0, 0.05) is 16.7 Å². The molecule has 0 N–H and O–H groups in total. The lowest BCUT2D eigenvalue weighted by Crippen LogP contribution is -2.05. The van der Waals surface area contributed by atoms with Crippen LogP contribution in [0.2, 0.25) is 0 Å². The van der Waals surface area contributed by atoms with Crippen molar-refractivity contribution >= 4 is 15.9 Å². The molecule has 0 amide bonds. The van der Waals surface area contributed by atoms with E-state index in [2.05, 4.69) is 47.8 Å². The molecule has 0 saturated carbocycles. The quantitative estimate of drug-likeness (QED) is 0.722. The standard InChI is InChI=1S/C11H16BrN/c1-7-5-11(6-13-10(7)4)8(2)9(3)12/h5-6,8-9H,1-4H3. The molecule has 0 bridgehead atoms. The van der Waals surface area contributed by atoms with Crippen LogP contribution in [0.25, 0.3) is 0 Å². The SMILES string of the molecule is Cc1cc(C(C)C(C)Br)cnc1C. The Kier molecular flexibility index (Phi) is 3.48. The zero-order valence-electron chi connectivity index (χ0n) is 8.63. The number of halogens is 1. The van der Waals surface area contributed by atoms with Crippen molar-refractivity contribution in [2.24, 2.45) is 0 Å². The van der Waals surface area contributed by atoms with E-state index >= 15 is 0 Å². The van der Waals surface area contributed by atoms with Crippen molar-refractivity contribution in [3.63, 3.8) is 0 Å². The first-order chi connectivity index (χ1) is 6.02. The van der Waals surface area contributed by atoms with Crippen molar-refractivity contribution in [3.05, 3.63) is 29.1 Å². The molecule has 13 heavy (non-hydrogen) atoms.